The third kappa shape index (κ3) is 5.04. The standard InChI is InChI=1S/C17H18N2O2/c1-4-5-16(20-11-18)13(2)6-7-15-8-9-17(21-12-19)14(3)10-15/h5-6,8-10H,4,7H2,1-3H3/b13-6-,16-5+. The minimum atomic E-state index is 0.571. The van der Waals surface area contributed by atoms with Gasteiger partial charge in [0.15, 0.2) is 0 Å². The summed E-state index contributed by atoms with van der Waals surface area (Å²) in [6.45, 7) is 5.80. The summed E-state index contributed by atoms with van der Waals surface area (Å²) < 4.78 is 9.79. The van der Waals surface area contributed by atoms with Crippen molar-refractivity contribution in [3.63, 3.8) is 0 Å². The van der Waals surface area contributed by atoms with Crippen molar-refractivity contribution in [2.75, 3.05) is 0 Å². The summed E-state index contributed by atoms with van der Waals surface area (Å²) in [7, 11) is 0. The molecule has 0 radical (unpaired) electrons. The topological polar surface area (TPSA) is 66.0 Å². The van der Waals surface area contributed by atoms with Gasteiger partial charge in [-0.15, -0.1) is 10.5 Å². The van der Waals surface area contributed by atoms with Gasteiger partial charge in [0.1, 0.15) is 11.5 Å². The molecular formula is C17H18N2O2. The maximum atomic E-state index is 8.63. The molecule has 0 aliphatic carbocycles. The van der Waals surface area contributed by atoms with E-state index in [1.807, 2.05) is 45.1 Å². The van der Waals surface area contributed by atoms with Crippen LogP contribution in [-0.2, 0) is 11.2 Å². The molecule has 0 spiro atoms. The molecule has 0 aliphatic heterocycles. The highest BCUT2D eigenvalue weighted by Crippen LogP contribution is 2.20. The van der Waals surface area contributed by atoms with Crippen LogP contribution in [0.15, 0.2) is 41.7 Å². The lowest BCUT2D eigenvalue weighted by Crippen LogP contribution is -1.92. The van der Waals surface area contributed by atoms with Gasteiger partial charge in [0.05, 0.1) is 0 Å². The number of nitrogens with zero attached hydrogens (tertiary/aromatic N) is 2. The summed E-state index contributed by atoms with van der Waals surface area (Å²) in [5.41, 5.74) is 2.94. The number of benzene rings is 1. The minimum absolute atomic E-state index is 0.571. The molecule has 4 nitrogen and oxygen atoms in total. The van der Waals surface area contributed by atoms with E-state index in [0.29, 0.717) is 11.5 Å². The average molecular weight is 282 g/mol. The Labute approximate surface area is 125 Å². The number of allylic oxidation sites excluding steroid dienone is 3. The Kier molecular flexibility index (Phi) is 6.57. The first kappa shape index (κ1) is 16.3. The minimum Gasteiger partial charge on any atom is -0.388 e. The molecule has 21 heavy (non-hydrogen) atoms. The van der Waals surface area contributed by atoms with Crippen LogP contribution < -0.4 is 4.74 Å². The summed E-state index contributed by atoms with van der Waals surface area (Å²) in [5.74, 6) is 1.17. The van der Waals surface area contributed by atoms with Crippen LogP contribution >= 0.6 is 0 Å². The molecule has 4 heteroatoms. The van der Waals surface area contributed by atoms with Gasteiger partial charge in [-0.2, -0.15) is 0 Å². The van der Waals surface area contributed by atoms with Gasteiger partial charge in [0.25, 0.3) is 12.5 Å². The maximum absolute atomic E-state index is 8.63. The van der Waals surface area contributed by atoms with Crippen molar-refractivity contribution in [3.05, 3.63) is 52.8 Å². The zero-order valence-corrected chi connectivity index (χ0v) is 12.5. The van der Waals surface area contributed by atoms with E-state index in [0.717, 1.165) is 29.5 Å². The highest BCUT2D eigenvalue weighted by Gasteiger charge is 2.03. The molecular weight excluding hydrogens is 264 g/mol. The zero-order valence-electron chi connectivity index (χ0n) is 12.5. The van der Waals surface area contributed by atoms with Gasteiger partial charge in [-0.3, -0.25) is 0 Å². The molecule has 0 N–H and O–H groups in total. The average Bonchev–Trinajstić information content (AvgIpc) is 2.47. The molecule has 0 amide bonds. The van der Waals surface area contributed by atoms with E-state index >= 15 is 0 Å². The first-order valence-corrected chi connectivity index (χ1v) is 6.71. The summed E-state index contributed by atoms with van der Waals surface area (Å²) in [5, 5.41) is 17.2. The van der Waals surface area contributed by atoms with Crippen molar-refractivity contribution in [1.29, 1.82) is 10.5 Å². The third-order valence-electron chi connectivity index (χ3n) is 2.97. The second-order valence-electron chi connectivity index (χ2n) is 4.55. The Morgan fingerprint density at radius 3 is 2.57 bits per heavy atom. The van der Waals surface area contributed by atoms with Crippen LogP contribution in [0.2, 0.25) is 0 Å². The van der Waals surface area contributed by atoms with Gasteiger partial charge in [-0.05, 0) is 55.5 Å². The molecule has 108 valence electrons. The lowest BCUT2D eigenvalue weighted by molar-refractivity contribution is 0.383. The largest absolute Gasteiger partial charge is 0.388 e. The fourth-order valence-corrected chi connectivity index (χ4v) is 1.89. The van der Waals surface area contributed by atoms with Crippen LogP contribution in [0.3, 0.4) is 0 Å². The Morgan fingerprint density at radius 2 is 2.00 bits per heavy atom. The van der Waals surface area contributed by atoms with Crippen molar-refractivity contribution < 1.29 is 9.47 Å². The molecule has 0 unspecified atom stereocenters. The fourth-order valence-electron chi connectivity index (χ4n) is 1.89. The molecule has 0 saturated heterocycles. The van der Waals surface area contributed by atoms with E-state index in [1.54, 1.807) is 18.6 Å². The predicted molar refractivity (Wildman–Crippen MR) is 80.0 cm³/mol. The number of hydrogen-bond acceptors (Lipinski definition) is 4. The van der Waals surface area contributed by atoms with E-state index in [4.69, 9.17) is 20.0 Å². The van der Waals surface area contributed by atoms with Gasteiger partial charge < -0.3 is 9.47 Å². The van der Waals surface area contributed by atoms with E-state index < -0.39 is 0 Å². The van der Waals surface area contributed by atoms with Crippen LogP contribution in [-0.4, -0.2) is 0 Å². The normalized spacial score (nSPS) is 11.5. The maximum Gasteiger partial charge on any atom is 0.292 e. The Morgan fingerprint density at radius 1 is 1.24 bits per heavy atom. The van der Waals surface area contributed by atoms with Gasteiger partial charge >= 0.3 is 0 Å². The predicted octanol–water partition coefficient (Wildman–Crippen LogP) is 4.14. The van der Waals surface area contributed by atoms with Crippen molar-refractivity contribution in [2.45, 2.75) is 33.6 Å². The number of hydrogen-bond donors (Lipinski definition) is 0. The second-order valence-corrected chi connectivity index (χ2v) is 4.55. The van der Waals surface area contributed by atoms with Crippen molar-refractivity contribution in [1.82, 2.24) is 0 Å². The first-order chi connectivity index (χ1) is 10.1. The van der Waals surface area contributed by atoms with Crippen LogP contribution in [0.5, 0.6) is 5.75 Å². The zero-order chi connectivity index (χ0) is 15.7. The number of rotatable bonds is 6. The van der Waals surface area contributed by atoms with Crippen LogP contribution in [0, 0.1) is 30.0 Å². The number of nitriles is 2. The van der Waals surface area contributed by atoms with Crippen LogP contribution in [0.1, 0.15) is 31.4 Å². The van der Waals surface area contributed by atoms with E-state index in [9.17, 15) is 0 Å². The lowest BCUT2D eigenvalue weighted by Gasteiger charge is -2.06. The highest BCUT2D eigenvalue weighted by atomic mass is 16.5. The number of aryl methyl sites for hydroxylation is 1. The number of ether oxygens (including phenoxy) is 2. The van der Waals surface area contributed by atoms with Crippen LogP contribution in [0.25, 0.3) is 0 Å². The molecule has 0 heterocycles. The molecule has 0 atom stereocenters. The highest BCUT2D eigenvalue weighted by molar-refractivity contribution is 5.38. The van der Waals surface area contributed by atoms with E-state index in [2.05, 4.69) is 0 Å². The van der Waals surface area contributed by atoms with Crippen molar-refractivity contribution >= 4 is 0 Å². The fraction of sp³-hybridized carbons (Fsp3) is 0.294. The van der Waals surface area contributed by atoms with Crippen LogP contribution in [0.4, 0.5) is 0 Å². The van der Waals surface area contributed by atoms with Crippen molar-refractivity contribution in [2.24, 2.45) is 0 Å². The molecule has 0 saturated carbocycles. The van der Waals surface area contributed by atoms with Gasteiger partial charge in [-0.25, -0.2) is 0 Å². The molecule has 0 aromatic heterocycles. The summed E-state index contributed by atoms with van der Waals surface area (Å²) in [4.78, 5) is 0. The summed E-state index contributed by atoms with van der Waals surface area (Å²) in [6, 6.07) is 5.67. The lowest BCUT2D eigenvalue weighted by atomic mass is 10.1. The molecule has 1 aromatic carbocycles. The summed E-state index contributed by atoms with van der Waals surface area (Å²) >= 11 is 0. The van der Waals surface area contributed by atoms with Gasteiger partial charge in [-0.1, -0.05) is 25.1 Å². The van der Waals surface area contributed by atoms with Gasteiger partial charge in [0, 0.05) is 0 Å². The Bertz CT molecular complexity index is 631. The molecule has 0 fully saturated rings. The molecule has 1 rings (SSSR count). The molecule has 1 aromatic rings. The quantitative estimate of drug-likeness (QED) is 0.447. The monoisotopic (exact) mass is 282 g/mol. The Hall–Kier alpha value is -2.72. The van der Waals surface area contributed by atoms with E-state index in [1.165, 1.54) is 0 Å². The van der Waals surface area contributed by atoms with E-state index in [-0.39, 0.29) is 0 Å². The molecule has 0 aliphatic rings. The summed E-state index contributed by atoms with van der Waals surface area (Å²) in [6.07, 6.45) is 8.79. The molecule has 0 bridgehead atoms. The third-order valence-corrected chi connectivity index (χ3v) is 2.97. The smallest absolute Gasteiger partial charge is 0.292 e. The SMILES string of the molecule is CC/C=C(OC#N)\C(C)=C/Cc1ccc(OC#N)c(C)c1. The Balaban J connectivity index is 2.84. The van der Waals surface area contributed by atoms with Gasteiger partial charge in [0.2, 0.25) is 0 Å². The second kappa shape index (κ2) is 8.45. The van der Waals surface area contributed by atoms with Crippen molar-refractivity contribution in [3.8, 4) is 18.3 Å². The first-order valence-electron chi connectivity index (χ1n) is 6.71.